The van der Waals surface area contributed by atoms with Gasteiger partial charge in [-0.2, -0.15) is 0 Å². The molecule has 0 aliphatic carbocycles. The zero-order valence-corrected chi connectivity index (χ0v) is 12.2. The minimum absolute atomic E-state index is 0.310. The fraction of sp³-hybridized carbons (Fsp3) is 0.429. The van der Waals surface area contributed by atoms with E-state index in [1.54, 1.807) is 12.1 Å². The molecule has 1 rings (SSSR count). The number of carboxylic acid groups (broad SMARTS) is 1. The molecule has 1 atom stereocenters. The van der Waals surface area contributed by atoms with Crippen molar-refractivity contribution in [3.05, 3.63) is 23.8 Å². The molecule has 0 saturated heterocycles. The highest BCUT2D eigenvalue weighted by Crippen LogP contribution is 2.27. The topological polar surface area (TPSA) is 105 Å². The minimum atomic E-state index is -2.02. The number of methoxy groups -OCH3 is 1. The lowest BCUT2D eigenvalue weighted by molar-refractivity contribution is -0.156. The molecule has 0 aliphatic heterocycles. The summed E-state index contributed by atoms with van der Waals surface area (Å²) in [7, 11) is 1.49. The van der Waals surface area contributed by atoms with E-state index in [-0.39, 0.29) is 6.61 Å². The van der Waals surface area contributed by atoms with Crippen LogP contribution in [0.3, 0.4) is 0 Å². The van der Waals surface area contributed by atoms with E-state index in [1.807, 2.05) is 13.0 Å². The molecule has 0 aliphatic rings. The van der Waals surface area contributed by atoms with Gasteiger partial charge in [0.25, 0.3) is 5.91 Å². The molecule has 1 aromatic rings. The summed E-state index contributed by atoms with van der Waals surface area (Å²) in [5.74, 6) is -1.05. The Bertz CT molecular complexity index is 526. The molecule has 7 heteroatoms. The Hall–Kier alpha value is -2.28. The second kappa shape index (κ2) is 6.94. The molecular formula is C14H19NO6. The molecule has 0 aromatic heterocycles. The first-order valence-corrected chi connectivity index (χ1v) is 6.26. The summed E-state index contributed by atoms with van der Waals surface area (Å²) in [6, 6.07) is 5.25. The number of ether oxygens (including phenoxy) is 2. The maximum absolute atomic E-state index is 11.6. The largest absolute Gasteiger partial charge is 0.493 e. The highest BCUT2D eigenvalue weighted by molar-refractivity contribution is 5.81. The van der Waals surface area contributed by atoms with Crippen molar-refractivity contribution in [1.82, 2.24) is 5.32 Å². The van der Waals surface area contributed by atoms with Crippen molar-refractivity contribution in [3.8, 4) is 11.5 Å². The third kappa shape index (κ3) is 4.96. The molecule has 0 heterocycles. The van der Waals surface area contributed by atoms with E-state index >= 15 is 0 Å². The van der Waals surface area contributed by atoms with Crippen LogP contribution in [0, 0.1) is 6.92 Å². The number of carbonyl (C=O) groups is 2. The van der Waals surface area contributed by atoms with Gasteiger partial charge in [-0.3, -0.25) is 4.79 Å². The molecule has 1 unspecified atom stereocenters. The molecule has 1 amide bonds. The minimum Gasteiger partial charge on any atom is -0.493 e. The summed E-state index contributed by atoms with van der Waals surface area (Å²) < 4.78 is 10.4. The van der Waals surface area contributed by atoms with Crippen LogP contribution in [-0.2, 0) is 9.59 Å². The number of carboxylic acids is 1. The SMILES string of the molecule is COc1cc(C)ccc1OCC(=O)NCC(C)(O)C(=O)O. The van der Waals surface area contributed by atoms with E-state index in [0.29, 0.717) is 11.5 Å². The fourth-order valence-corrected chi connectivity index (χ4v) is 1.43. The van der Waals surface area contributed by atoms with Gasteiger partial charge in [0.15, 0.2) is 23.7 Å². The van der Waals surface area contributed by atoms with Crippen LogP contribution in [0.4, 0.5) is 0 Å². The van der Waals surface area contributed by atoms with Crippen molar-refractivity contribution in [1.29, 1.82) is 0 Å². The van der Waals surface area contributed by atoms with Gasteiger partial charge in [-0.15, -0.1) is 0 Å². The van der Waals surface area contributed by atoms with E-state index in [2.05, 4.69) is 5.32 Å². The van der Waals surface area contributed by atoms with Gasteiger partial charge in [-0.05, 0) is 31.5 Å². The number of rotatable bonds is 7. The smallest absolute Gasteiger partial charge is 0.337 e. The number of aryl methyl sites for hydroxylation is 1. The Kier molecular flexibility index (Phi) is 5.54. The van der Waals surface area contributed by atoms with Crippen LogP contribution < -0.4 is 14.8 Å². The van der Waals surface area contributed by atoms with Crippen molar-refractivity contribution >= 4 is 11.9 Å². The van der Waals surface area contributed by atoms with Gasteiger partial charge in [0.05, 0.1) is 13.7 Å². The quantitative estimate of drug-likeness (QED) is 0.670. The first kappa shape index (κ1) is 16.8. The van der Waals surface area contributed by atoms with Crippen LogP contribution in [0.2, 0.25) is 0 Å². The number of hydrogen-bond acceptors (Lipinski definition) is 5. The Morgan fingerprint density at radius 2 is 2.00 bits per heavy atom. The van der Waals surface area contributed by atoms with Gasteiger partial charge in [0.1, 0.15) is 0 Å². The Morgan fingerprint density at radius 1 is 1.33 bits per heavy atom. The van der Waals surface area contributed by atoms with Gasteiger partial charge >= 0.3 is 5.97 Å². The highest BCUT2D eigenvalue weighted by Gasteiger charge is 2.30. The van der Waals surface area contributed by atoms with Crippen molar-refractivity contribution < 1.29 is 29.3 Å². The average molecular weight is 297 g/mol. The average Bonchev–Trinajstić information content (AvgIpc) is 2.43. The summed E-state index contributed by atoms with van der Waals surface area (Å²) in [5, 5.41) is 20.5. The summed E-state index contributed by atoms with van der Waals surface area (Å²) in [4.78, 5) is 22.3. The summed E-state index contributed by atoms with van der Waals surface area (Å²) >= 11 is 0. The number of aliphatic carboxylic acids is 1. The lowest BCUT2D eigenvalue weighted by atomic mass is 10.1. The lowest BCUT2D eigenvalue weighted by Crippen LogP contribution is -2.47. The molecule has 21 heavy (non-hydrogen) atoms. The second-order valence-electron chi connectivity index (χ2n) is 4.80. The first-order valence-electron chi connectivity index (χ1n) is 6.26. The van der Waals surface area contributed by atoms with Crippen LogP contribution in [0.1, 0.15) is 12.5 Å². The molecule has 0 bridgehead atoms. The van der Waals surface area contributed by atoms with Gasteiger partial charge in [-0.1, -0.05) is 6.07 Å². The maximum Gasteiger partial charge on any atom is 0.337 e. The number of nitrogens with one attached hydrogen (secondary N) is 1. The van der Waals surface area contributed by atoms with E-state index in [4.69, 9.17) is 14.6 Å². The third-order valence-electron chi connectivity index (χ3n) is 2.77. The predicted molar refractivity (Wildman–Crippen MR) is 74.5 cm³/mol. The number of aliphatic hydroxyl groups is 1. The Labute approximate surface area is 122 Å². The summed E-state index contributed by atoms with van der Waals surface area (Å²) in [6.07, 6.45) is 0. The molecule has 0 radical (unpaired) electrons. The summed E-state index contributed by atoms with van der Waals surface area (Å²) in [5.41, 5.74) is -1.03. The molecule has 116 valence electrons. The number of amides is 1. The second-order valence-corrected chi connectivity index (χ2v) is 4.80. The molecule has 7 nitrogen and oxygen atoms in total. The fourth-order valence-electron chi connectivity index (χ4n) is 1.43. The molecule has 3 N–H and O–H groups in total. The molecule has 0 saturated carbocycles. The van der Waals surface area contributed by atoms with Crippen LogP contribution in [0.25, 0.3) is 0 Å². The highest BCUT2D eigenvalue weighted by atomic mass is 16.5. The molecular weight excluding hydrogens is 278 g/mol. The van der Waals surface area contributed by atoms with E-state index < -0.39 is 24.0 Å². The van der Waals surface area contributed by atoms with E-state index in [0.717, 1.165) is 12.5 Å². The molecule has 0 spiro atoms. The van der Waals surface area contributed by atoms with Crippen LogP contribution >= 0.6 is 0 Å². The normalized spacial score (nSPS) is 13.1. The van der Waals surface area contributed by atoms with Crippen LogP contribution in [0.5, 0.6) is 11.5 Å². The number of carbonyl (C=O) groups excluding carboxylic acids is 1. The maximum atomic E-state index is 11.6. The Balaban J connectivity index is 2.52. The standard InChI is InChI=1S/C14H19NO6/c1-9-4-5-10(11(6-9)20-3)21-7-12(16)15-8-14(2,19)13(17)18/h4-6,19H,7-8H2,1-3H3,(H,15,16)(H,17,18). The Morgan fingerprint density at radius 3 is 2.57 bits per heavy atom. The van der Waals surface area contributed by atoms with E-state index in [9.17, 15) is 14.7 Å². The van der Waals surface area contributed by atoms with Gasteiger partial charge in [-0.25, -0.2) is 4.79 Å². The third-order valence-corrected chi connectivity index (χ3v) is 2.77. The lowest BCUT2D eigenvalue weighted by Gasteiger charge is -2.18. The van der Waals surface area contributed by atoms with Crippen molar-refractivity contribution in [2.45, 2.75) is 19.4 Å². The van der Waals surface area contributed by atoms with Crippen molar-refractivity contribution in [2.75, 3.05) is 20.3 Å². The zero-order chi connectivity index (χ0) is 16.0. The molecule has 1 aromatic carbocycles. The van der Waals surface area contributed by atoms with Gasteiger partial charge in [0.2, 0.25) is 0 Å². The van der Waals surface area contributed by atoms with Gasteiger partial charge < -0.3 is 25.0 Å². The zero-order valence-electron chi connectivity index (χ0n) is 12.2. The summed E-state index contributed by atoms with van der Waals surface area (Å²) in [6.45, 7) is 2.27. The van der Waals surface area contributed by atoms with Crippen LogP contribution in [-0.4, -0.2) is 48.0 Å². The van der Waals surface area contributed by atoms with Crippen molar-refractivity contribution in [2.24, 2.45) is 0 Å². The number of benzene rings is 1. The molecule has 0 fully saturated rings. The van der Waals surface area contributed by atoms with Crippen LogP contribution in [0.15, 0.2) is 18.2 Å². The number of hydrogen-bond donors (Lipinski definition) is 3. The predicted octanol–water partition coefficient (Wildman–Crippen LogP) is 0.334. The van der Waals surface area contributed by atoms with Gasteiger partial charge in [0, 0.05) is 0 Å². The monoisotopic (exact) mass is 297 g/mol. The van der Waals surface area contributed by atoms with E-state index in [1.165, 1.54) is 7.11 Å². The van der Waals surface area contributed by atoms with Crippen molar-refractivity contribution in [3.63, 3.8) is 0 Å². The first-order chi connectivity index (χ1) is 9.76.